The monoisotopic (exact) mass is 297 g/mol. The Hall–Kier alpha value is -1.52. The highest BCUT2D eigenvalue weighted by Crippen LogP contribution is 2.26. The molecule has 0 bridgehead atoms. The molecular weight excluding hydrogens is 270 g/mol. The molecule has 3 unspecified atom stereocenters. The fourth-order valence-corrected chi connectivity index (χ4v) is 2.26. The molecule has 1 aliphatic heterocycles. The number of carbonyl (C=O) groups is 2. The molecule has 0 aromatic heterocycles. The second-order valence-corrected chi connectivity index (χ2v) is 6.81. The molecule has 1 N–H and O–H groups in total. The van der Waals surface area contributed by atoms with E-state index in [1.807, 2.05) is 40.7 Å². The van der Waals surface area contributed by atoms with Crippen LogP contribution in [0.1, 0.15) is 47.5 Å². The number of alkyl carbamates (subject to hydrolysis) is 1. The molecule has 4 atom stereocenters. The zero-order valence-electron chi connectivity index (χ0n) is 13.6. The summed E-state index contributed by atoms with van der Waals surface area (Å²) >= 11 is 0. The van der Waals surface area contributed by atoms with Crippen LogP contribution in [0.15, 0.2) is 12.7 Å². The average molecular weight is 297 g/mol. The van der Waals surface area contributed by atoms with E-state index in [1.165, 1.54) is 0 Å². The molecule has 5 heteroatoms. The lowest BCUT2D eigenvalue weighted by atomic mass is 9.94. The molecule has 0 spiro atoms. The molecule has 0 radical (unpaired) electrons. The first-order valence-electron chi connectivity index (χ1n) is 7.45. The van der Waals surface area contributed by atoms with Gasteiger partial charge in [-0.2, -0.15) is 0 Å². The van der Waals surface area contributed by atoms with Crippen LogP contribution in [0.3, 0.4) is 0 Å². The summed E-state index contributed by atoms with van der Waals surface area (Å²) in [5.41, 5.74) is -0.557. The molecule has 21 heavy (non-hydrogen) atoms. The molecule has 0 saturated carbocycles. The fourth-order valence-electron chi connectivity index (χ4n) is 2.26. The summed E-state index contributed by atoms with van der Waals surface area (Å²) in [6, 6.07) is -0.262. The topological polar surface area (TPSA) is 64.6 Å². The van der Waals surface area contributed by atoms with E-state index < -0.39 is 11.7 Å². The quantitative estimate of drug-likeness (QED) is 0.626. The molecule has 5 nitrogen and oxygen atoms in total. The number of hydrogen-bond donors (Lipinski definition) is 1. The van der Waals surface area contributed by atoms with E-state index in [0.717, 1.165) is 0 Å². The Bertz CT molecular complexity index is 400. The van der Waals surface area contributed by atoms with Gasteiger partial charge in [0.25, 0.3) is 0 Å². The van der Waals surface area contributed by atoms with Crippen LogP contribution in [-0.2, 0) is 14.3 Å². The van der Waals surface area contributed by atoms with Crippen LogP contribution in [0.4, 0.5) is 4.79 Å². The molecule has 0 aromatic rings. The molecule has 1 heterocycles. The molecule has 0 aliphatic carbocycles. The molecule has 120 valence electrons. The van der Waals surface area contributed by atoms with Crippen LogP contribution in [0, 0.1) is 11.8 Å². The second kappa shape index (κ2) is 6.96. The molecule has 1 aliphatic rings. The number of carbonyl (C=O) groups excluding carboxylic acids is 2. The van der Waals surface area contributed by atoms with Gasteiger partial charge in [0.05, 0.1) is 12.0 Å². The smallest absolute Gasteiger partial charge is 0.408 e. The first-order valence-corrected chi connectivity index (χ1v) is 7.45. The Labute approximate surface area is 127 Å². The first-order chi connectivity index (χ1) is 9.62. The summed E-state index contributed by atoms with van der Waals surface area (Å²) in [5, 5.41) is 2.84. The van der Waals surface area contributed by atoms with Crippen LogP contribution in [-0.4, -0.2) is 29.8 Å². The lowest BCUT2D eigenvalue weighted by molar-refractivity contribution is -0.145. The first kappa shape index (κ1) is 17.5. The van der Waals surface area contributed by atoms with E-state index in [1.54, 1.807) is 0 Å². The number of cyclic esters (lactones) is 1. The Kier molecular flexibility index (Phi) is 5.81. The summed E-state index contributed by atoms with van der Waals surface area (Å²) in [7, 11) is 0. The lowest BCUT2D eigenvalue weighted by Gasteiger charge is -2.27. The van der Waals surface area contributed by atoms with Gasteiger partial charge in [0.1, 0.15) is 11.7 Å². The van der Waals surface area contributed by atoms with Crippen molar-refractivity contribution in [2.45, 2.75) is 65.2 Å². The van der Waals surface area contributed by atoms with Crippen molar-refractivity contribution in [1.29, 1.82) is 0 Å². The highest BCUT2D eigenvalue weighted by atomic mass is 16.6. The minimum Gasteiger partial charge on any atom is -0.460 e. The molecule has 1 fully saturated rings. The molecule has 1 saturated heterocycles. The fraction of sp³-hybridized carbons (Fsp3) is 0.750. The zero-order chi connectivity index (χ0) is 16.2. The van der Waals surface area contributed by atoms with Gasteiger partial charge in [-0.15, -0.1) is 6.58 Å². The van der Waals surface area contributed by atoms with Gasteiger partial charge in [0.2, 0.25) is 0 Å². The highest BCUT2D eigenvalue weighted by Gasteiger charge is 2.37. The Balaban J connectivity index is 2.71. The number of allylic oxidation sites excluding steroid dienone is 1. The van der Waals surface area contributed by atoms with Crippen LogP contribution in [0.2, 0.25) is 0 Å². The minimum atomic E-state index is -0.557. The van der Waals surface area contributed by atoms with Gasteiger partial charge in [-0.3, -0.25) is 4.79 Å². The number of nitrogens with one attached hydrogen (secondary N) is 1. The summed E-state index contributed by atoms with van der Waals surface area (Å²) in [4.78, 5) is 23.5. The van der Waals surface area contributed by atoms with Gasteiger partial charge in [0, 0.05) is 0 Å². The van der Waals surface area contributed by atoms with Crippen molar-refractivity contribution in [3.63, 3.8) is 0 Å². The number of esters is 1. The van der Waals surface area contributed by atoms with Crippen LogP contribution < -0.4 is 5.32 Å². The van der Waals surface area contributed by atoms with Gasteiger partial charge in [-0.1, -0.05) is 19.9 Å². The predicted octanol–water partition coefficient (Wildman–Crippen LogP) is 3.04. The second-order valence-electron chi connectivity index (χ2n) is 6.81. The van der Waals surface area contributed by atoms with Gasteiger partial charge in [-0.25, -0.2) is 4.79 Å². The lowest BCUT2D eigenvalue weighted by Crippen LogP contribution is -2.46. The number of hydrogen-bond acceptors (Lipinski definition) is 4. The third-order valence-corrected chi connectivity index (χ3v) is 3.43. The van der Waals surface area contributed by atoms with Crippen LogP contribution in [0.25, 0.3) is 0 Å². The maximum absolute atomic E-state index is 12.0. The minimum absolute atomic E-state index is 0.128. The van der Waals surface area contributed by atoms with Gasteiger partial charge < -0.3 is 14.8 Å². The average Bonchev–Trinajstić information content (AvgIpc) is 2.66. The molecular formula is C16H27NO4. The van der Waals surface area contributed by atoms with E-state index >= 15 is 0 Å². The predicted molar refractivity (Wildman–Crippen MR) is 80.8 cm³/mol. The zero-order valence-corrected chi connectivity index (χ0v) is 13.6. The third kappa shape index (κ3) is 5.78. The van der Waals surface area contributed by atoms with Crippen molar-refractivity contribution in [3.05, 3.63) is 12.7 Å². The number of amides is 1. The number of rotatable bonds is 5. The maximum atomic E-state index is 12.0. The normalized spacial score (nSPS) is 24.9. The van der Waals surface area contributed by atoms with Crippen LogP contribution in [0.5, 0.6) is 0 Å². The van der Waals surface area contributed by atoms with E-state index in [0.29, 0.717) is 12.8 Å². The Morgan fingerprint density at radius 1 is 1.57 bits per heavy atom. The molecule has 1 amide bonds. The Morgan fingerprint density at radius 2 is 2.19 bits per heavy atom. The SMILES string of the molecule is C=CC(C)CC(NC(=O)OC(C)(C)C)[C@@H]1CC(C)C(=O)O1. The third-order valence-electron chi connectivity index (χ3n) is 3.43. The van der Waals surface area contributed by atoms with Crippen molar-refractivity contribution in [2.24, 2.45) is 11.8 Å². The maximum Gasteiger partial charge on any atom is 0.408 e. The standard InChI is InChI=1S/C16H27NO4/c1-7-10(2)8-12(13-9-11(3)14(18)20-13)17-15(19)21-16(4,5)6/h7,10-13H,1,8-9H2,2-6H3,(H,17,19)/t10?,11?,12?,13-/m0/s1. The molecule has 1 rings (SSSR count). The van der Waals surface area contributed by atoms with Gasteiger partial charge >= 0.3 is 12.1 Å². The van der Waals surface area contributed by atoms with E-state index in [2.05, 4.69) is 11.9 Å². The van der Waals surface area contributed by atoms with Crippen molar-refractivity contribution < 1.29 is 19.1 Å². The molecule has 0 aromatic carbocycles. The van der Waals surface area contributed by atoms with Crippen molar-refractivity contribution in [2.75, 3.05) is 0 Å². The summed E-state index contributed by atoms with van der Waals surface area (Å²) in [5.74, 6) is -0.126. The van der Waals surface area contributed by atoms with E-state index in [4.69, 9.17) is 9.47 Å². The van der Waals surface area contributed by atoms with Gasteiger partial charge in [0.15, 0.2) is 0 Å². The summed E-state index contributed by atoms with van der Waals surface area (Å²) < 4.78 is 10.6. The Morgan fingerprint density at radius 3 is 2.62 bits per heavy atom. The van der Waals surface area contributed by atoms with Crippen molar-refractivity contribution in [1.82, 2.24) is 5.32 Å². The largest absolute Gasteiger partial charge is 0.460 e. The summed E-state index contributed by atoms with van der Waals surface area (Å²) in [6.45, 7) is 13.0. The van der Waals surface area contributed by atoms with Crippen LogP contribution >= 0.6 is 0 Å². The van der Waals surface area contributed by atoms with Crippen molar-refractivity contribution >= 4 is 12.1 Å². The number of ether oxygens (including phenoxy) is 2. The van der Waals surface area contributed by atoms with E-state index in [-0.39, 0.29) is 30.0 Å². The highest BCUT2D eigenvalue weighted by molar-refractivity contribution is 5.74. The van der Waals surface area contributed by atoms with E-state index in [9.17, 15) is 9.59 Å². The van der Waals surface area contributed by atoms with Gasteiger partial charge in [-0.05, 0) is 39.5 Å². The van der Waals surface area contributed by atoms with Crippen molar-refractivity contribution in [3.8, 4) is 0 Å². The summed E-state index contributed by atoms with van der Waals surface area (Å²) in [6.07, 6.45) is 2.31.